The van der Waals surface area contributed by atoms with Gasteiger partial charge in [-0.2, -0.15) is 0 Å². The maximum absolute atomic E-state index is 13.1. The first-order valence-electron chi connectivity index (χ1n) is 8.59. The van der Waals surface area contributed by atoms with Crippen LogP contribution >= 0.6 is 0 Å². The maximum atomic E-state index is 13.1. The third-order valence-corrected chi connectivity index (χ3v) is 4.42. The van der Waals surface area contributed by atoms with Gasteiger partial charge in [0.1, 0.15) is 5.75 Å². The van der Waals surface area contributed by atoms with E-state index in [1.807, 2.05) is 6.07 Å². The van der Waals surface area contributed by atoms with E-state index in [1.165, 1.54) is 0 Å². The number of terminal acetylenes is 1. The summed E-state index contributed by atoms with van der Waals surface area (Å²) in [6.45, 7) is 2.44. The molecule has 0 bridgehead atoms. The molecule has 0 radical (unpaired) electrons. The zero-order valence-electron chi connectivity index (χ0n) is 14.3. The molecule has 3 rings (SSSR count). The van der Waals surface area contributed by atoms with Crippen LogP contribution in [0.2, 0.25) is 0 Å². The summed E-state index contributed by atoms with van der Waals surface area (Å²) in [5.74, 6) is 2.78. The number of aryl methyl sites for hydroxylation is 1. The Hall–Kier alpha value is -2.86. The van der Waals surface area contributed by atoms with Gasteiger partial charge in [-0.15, -0.1) is 12.3 Å². The van der Waals surface area contributed by atoms with Gasteiger partial charge in [0.25, 0.3) is 0 Å². The van der Waals surface area contributed by atoms with Gasteiger partial charge in [-0.25, -0.2) is 0 Å². The van der Waals surface area contributed by atoms with Crippen LogP contribution in [0.4, 0.5) is 0 Å². The Kier molecular flexibility index (Phi) is 5.00. The number of ether oxygens (including phenoxy) is 1. The highest BCUT2D eigenvalue weighted by atomic mass is 16.5. The van der Waals surface area contributed by atoms with Crippen LogP contribution in [0.5, 0.6) is 5.75 Å². The van der Waals surface area contributed by atoms with Crippen molar-refractivity contribution in [2.75, 3.05) is 6.61 Å². The molecule has 0 aromatic heterocycles. The molecule has 2 aromatic carbocycles. The van der Waals surface area contributed by atoms with Crippen LogP contribution in [0.3, 0.4) is 0 Å². The van der Waals surface area contributed by atoms with E-state index >= 15 is 0 Å². The molecule has 2 aromatic rings. The maximum Gasteiger partial charge on any atom is 0.198 e. The first kappa shape index (κ1) is 17.0. The largest absolute Gasteiger partial charge is 0.492 e. The molecular formula is C22H20O3. The molecule has 0 saturated heterocycles. The van der Waals surface area contributed by atoms with Gasteiger partial charge in [0.15, 0.2) is 11.6 Å². The topological polar surface area (TPSA) is 43.4 Å². The first-order valence-corrected chi connectivity index (χ1v) is 8.59. The Morgan fingerprint density at radius 3 is 2.40 bits per heavy atom. The number of hydrogen-bond donors (Lipinski definition) is 0. The molecule has 0 spiro atoms. The normalized spacial score (nSPS) is 12.3. The van der Waals surface area contributed by atoms with E-state index in [2.05, 4.69) is 12.8 Å². The van der Waals surface area contributed by atoms with Crippen molar-refractivity contribution in [2.24, 2.45) is 0 Å². The van der Waals surface area contributed by atoms with Gasteiger partial charge in [-0.05, 0) is 24.5 Å². The van der Waals surface area contributed by atoms with Crippen molar-refractivity contribution in [1.29, 1.82) is 0 Å². The average molecular weight is 332 g/mol. The molecule has 126 valence electrons. The number of carbonyl (C=O) groups excluding carboxylic acids is 2. The third-order valence-electron chi connectivity index (χ3n) is 4.42. The Bertz CT molecular complexity index is 871. The Labute approximate surface area is 148 Å². The molecule has 0 fully saturated rings. The molecule has 25 heavy (non-hydrogen) atoms. The predicted molar refractivity (Wildman–Crippen MR) is 97.3 cm³/mol. The van der Waals surface area contributed by atoms with Crippen molar-refractivity contribution >= 4 is 11.6 Å². The molecule has 0 amide bonds. The van der Waals surface area contributed by atoms with E-state index in [9.17, 15) is 9.59 Å². The summed E-state index contributed by atoms with van der Waals surface area (Å²) in [6.07, 6.45) is 8.60. The number of rotatable bonds is 6. The summed E-state index contributed by atoms with van der Waals surface area (Å²) in [6, 6.07) is 10.6. The van der Waals surface area contributed by atoms with Crippen LogP contribution < -0.4 is 4.74 Å². The molecule has 0 saturated carbocycles. The van der Waals surface area contributed by atoms with Gasteiger partial charge >= 0.3 is 0 Å². The highest BCUT2D eigenvalue weighted by Gasteiger charge is 2.33. The standard InChI is InChI=1S/C22H20O3/c1-3-5-9-15-12-13-18-19(22(15)25-14-6-4-2)21(24)17-11-8-7-10-16(17)20(18)23/h2,7-8,10-13H,3,5-6,9,14H2,1H3. The van der Waals surface area contributed by atoms with Crippen LogP contribution in [0.25, 0.3) is 0 Å². The van der Waals surface area contributed by atoms with Crippen molar-refractivity contribution in [1.82, 2.24) is 0 Å². The van der Waals surface area contributed by atoms with Crippen molar-refractivity contribution in [3.8, 4) is 18.1 Å². The summed E-state index contributed by atoms with van der Waals surface area (Å²) in [4.78, 5) is 25.9. The van der Waals surface area contributed by atoms with E-state index in [1.54, 1.807) is 30.3 Å². The lowest BCUT2D eigenvalue weighted by Gasteiger charge is -2.22. The average Bonchev–Trinajstić information content (AvgIpc) is 2.64. The molecule has 0 atom stereocenters. The summed E-state index contributed by atoms with van der Waals surface area (Å²) < 4.78 is 5.89. The number of benzene rings is 2. The van der Waals surface area contributed by atoms with Gasteiger partial charge < -0.3 is 4.74 Å². The fourth-order valence-electron chi connectivity index (χ4n) is 3.14. The lowest BCUT2D eigenvalue weighted by atomic mass is 9.82. The number of carbonyl (C=O) groups is 2. The lowest BCUT2D eigenvalue weighted by molar-refractivity contribution is 0.0975. The highest BCUT2D eigenvalue weighted by Crippen LogP contribution is 2.36. The first-order chi connectivity index (χ1) is 12.2. The van der Waals surface area contributed by atoms with Crippen molar-refractivity contribution in [3.63, 3.8) is 0 Å². The highest BCUT2D eigenvalue weighted by molar-refractivity contribution is 6.29. The van der Waals surface area contributed by atoms with Gasteiger partial charge in [0.2, 0.25) is 0 Å². The second-order valence-corrected chi connectivity index (χ2v) is 6.09. The quantitative estimate of drug-likeness (QED) is 0.502. The molecule has 1 aliphatic carbocycles. The van der Waals surface area contributed by atoms with E-state index in [-0.39, 0.29) is 11.6 Å². The number of unbranched alkanes of at least 4 members (excludes halogenated alkanes) is 1. The number of hydrogen-bond acceptors (Lipinski definition) is 3. The van der Waals surface area contributed by atoms with Crippen molar-refractivity contribution in [3.05, 3.63) is 64.2 Å². The van der Waals surface area contributed by atoms with Gasteiger partial charge in [0, 0.05) is 23.1 Å². The minimum Gasteiger partial charge on any atom is -0.492 e. The molecule has 1 aliphatic rings. The predicted octanol–water partition coefficient (Wildman–Crippen LogP) is 4.21. The zero-order valence-corrected chi connectivity index (χ0v) is 14.3. The van der Waals surface area contributed by atoms with Crippen molar-refractivity contribution < 1.29 is 14.3 Å². The van der Waals surface area contributed by atoms with E-state index in [4.69, 9.17) is 11.2 Å². The zero-order chi connectivity index (χ0) is 17.8. The monoisotopic (exact) mass is 332 g/mol. The van der Waals surface area contributed by atoms with Gasteiger partial charge in [0.05, 0.1) is 12.2 Å². The number of ketones is 2. The lowest BCUT2D eigenvalue weighted by Crippen LogP contribution is -2.22. The van der Waals surface area contributed by atoms with E-state index in [0.717, 1.165) is 24.8 Å². The van der Waals surface area contributed by atoms with E-state index in [0.29, 0.717) is 41.0 Å². The molecule has 0 N–H and O–H groups in total. The van der Waals surface area contributed by atoms with Crippen LogP contribution in [0, 0.1) is 12.3 Å². The Morgan fingerprint density at radius 2 is 1.72 bits per heavy atom. The molecule has 0 unspecified atom stereocenters. The fourth-order valence-corrected chi connectivity index (χ4v) is 3.14. The minimum atomic E-state index is -0.153. The van der Waals surface area contributed by atoms with Crippen LogP contribution in [-0.2, 0) is 6.42 Å². The SMILES string of the molecule is C#CCCOc1c(CCCC)ccc2c1C(=O)c1ccccc1C2=O. The third kappa shape index (κ3) is 3.08. The summed E-state index contributed by atoms with van der Waals surface area (Å²) in [5.41, 5.74) is 2.65. The Balaban J connectivity index is 2.13. The molecule has 0 heterocycles. The van der Waals surface area contributed by atoms with Crippen LogP contribution in [0.1, 0.15) is 63.6 Å². The number of fused-ring (bicyclic) bond motifs is 2. The van der Waals surface area contributed by atoms with E-state index < -0.39 is 0 Å². The van der Waals surface area contributed by atoms with Crippen molar-refractivity contribution in [2.45, 2.75) is 32.6 Å². The molecular weight excluding hydrogens is 312 g/mol. The second-order valence-electron chi connectivity index (χ2n) is 6.09. The minimum absolute atomic E-state index is 0.131. The molecule has 3 nitrogen and oxygen atoms in total. The second kappa shape index (κ2) is 7.36. The van der Waals surface area contributed by atoms with Crippen LogP contribution in [0.15, 0.2) is 36.4 Å². The van der Waals surface area contributed by atoms with Gasteiger partial charge in [-0.3, -0.25) is 9.59 Å². The molecule has 3 heteroatoms. The summed E-state index contributed by atoms with van der Waals surface area (Å²) in [5, 5.41) is 0. The summed E-state index contributed by atoms with van der Waals surface area (Å²) in [7, 11) is 0. The smallest absolute Gasteiger partial charge is 0.198 e. The van der Waals surface area contributed by atoms with Gasteiger partial charge in [-0.1, -0.05) is 43.7 Å². The molecule has 0 aliphatic heterocycles. The summed E-state index contributed by atoms with van der Waals surface area (Å²) >= 11 is 0. The van der Waals surface area contributed by atoms with Crippen LogP contribution in [-0.4, -0.2) is 18.2 Å². The Morgan fingerprint density at radius 1 is 1.00 bits per heavy atom. The fraction of sp³-hybridized carbons (Fsp3) is 0.273.